The number of imidazole rings is 1. The number of anilines is 1. The molecule has 2 aromatic rings. The van der Waals surface area contributed by atoms with E-state index in [1.165, 1.54) is 6.33 Å². The summed E-state index contributed by atoms with van der Waals surface area (Å²) in [5, 5.41) is 2.34. The molecule has 3 N–H and O–H groups in total. The molecule has 0 saturated carbocycles. The number of rotatable bonds is 2. The third-order valence-corrected chi connectivity index (χ3v) is 1.72. The van der Waals surface area contributed by atoms with Gasteiger partial charge in [-0.05, 0) is 6.08 Å². The largest absolute Gasteiger partial charge is 0.329 e. The molecule has 2 aromatic heterocycles. The van der Waals surface area contributed by atoms with Gasteiger partial charge in [0.1, 0.15) is 0 Å². The molecule has 76 valence electrons. The van der Waals surface area contributed by atoms with Crippen molar-refractivity contribution < 1.29 is 4.79 Å². The Labute approximate surface area is 83.3 Å². The number of H-pyrrole nitrogens is 2. The van der Waals surface area contributed by atoms with Crippen LogP contribution in [0.1, 0.15) is 0 Å². The Morgan fingerprint density at radius 1 is 1.60 bits per heavy atom. The molecule has 0 bridgehead atoms. The number of amides is 1. The van der Waals surface area contributed by atoms with Gasteiger partial charge in [0.15, 0.2) is 11.2 Å². The molecule has 0 aliphatic carbocycles. The fourth-order valence-corrected chi connectivity index (χ4v) is 1.07. The first-order valence-corrected chi connectivity index (χ1v) is 4.07. The average molecular weight is 205 g/mol. The standard InChI is InChI=1S/C8H7N5O2/c1-2-4(14)11-8-12-6-5(7(15)13-8)9-3-10-6/h2-3H,1H2,(H3,9,10,11,12,13,14,15). The second kappa shape index (κ2) is 3.37. The van der Waals surface area contributed by atoms with Gasteiger partial charge in [-0.2, -0.15) is 4.98 Å². The molecular weight excluding hydrogens is 198 g/mol. The van der Waals surface area contributed by atoms with E-state index in [0.717, 1.165) is 6.08 Å². The predicted molar refractivity (Wildman–Crippen MR) is 53.3 cm³/mol. The van der Waals surface area contributed by atoms with Crippen LogP contribution in [0.25, 0.3) is 11.2 Å². The summed E-state index contributed by atoms with van der Waals surface area (Å²) in [6.45, 7) is 3.28. The van der Waals surface area contributed by atoms with Gasteiger partial charge >= 0.3 is 0 Å². The topological polar surface area (TPSA) is 104 Å². The minimum Gasteiger partial charge on any atom is -0.329 e. The SMILES string of the molecule is C=CC(=O)Nc1nc2[nH]cnc2c(=O)[nH]1. The maximum atomic E-state index is 11.4. The normalized spacial score (nSPS) is 10.1. The van der Waals surface area contributed by atoms with Crippen LogP contribution < -0.4 is 10.9 Å². The number of carbonyl (C=O) groups excluding carboxylic acids is 1. The summed E-state index contributed by atoms with van der Waals surface area (Å²) in [7, 11) is 0. The quantitative estimate of drug-likeness (QED) is 0.589. The van der Waals surface area contributed by atoms with Crippen LogP contribution in [0.15, 0.2) is 23.8 Å². The molecule has 0 radical (unpaired) electrons. The minimum atomic E-state index is -0.447. The zero-order chi connectivity index (χ0) is 10.8. The first-order valence-electron chi connectivity index (χ1n) is 4.07. The van der Waals surface area contributed by atoms with Gasteiger partial charge in [0, 0.05) is 0 Å². The molecule has 2 heterocycles. The monoisotopic (exact) mass is 205 g/mol. The lowest BCUT2D eigenvalue weighted by molar-refractivity contribution is -0.111. The molecule has 1 amide bonds. The van der Waals surface area contributed by atoms with Crippen molar-refractivity contribution in [1.29, 1.82) is 0 Å². The van der Waals surface area contributed by atoms with Crippen LogP contribution in [-0.2, 0) is 4.79 Å². The zero-order valence-electron chi connectivity index (χ0n) is 7.57. The van der Waals surface area contributed by atoms with Crippen LogP contribution in [0.2, 0.25) is 0 Å². The van der Waals surface area contributed by atoms with Gasteiger partial charge in [-0.3, -0.25) is 19.9 Å². The first-order chi connectivity index (χ1) is 7.20. The van der Waals surface area contributed by atoms with Crippen molar-refractivity contribution in [3.05, 3.63) is 29.3 Å². The fourth-order valence-electron chi connectivity index (χ4n) is 1.07. The highest BCUT2D eigenvalue weighted by Crippen LogP contribution is 2.02. The molecular formula is C8H7N5O2. The summed E-state index contributed by atoms with van der Waals surface area (Å²) in [6, 6.07) is 0. The van der Waals surface area contributed by atoms with Gasteiger partial charge in [0.2, 0.25) is 11.9 Å². The van der Waals surface area contributed by atoms with E-state index in [0.29, 0.717) is 5.65 Å². The molecule has 7 nitrogen and oxygen atoms in total. The summed E-state index contributed by atoms with van der Waals surface area (Å²) in [5.74, 6) is -0.390. The molecule has 15 heavy (non-hydrogen) atoms. The molecule has 0 aromatic carbocycles. The molecule has 0 fully saturated rings. The number of nitrogens with zero attached hydrogens (tertiary/aromatic N) is 2. The Balaban J connectivity index is 2.49. The first kappa shape index (κ1) is 9.13. The molecule has 0 saturated heterocycles. The number of aromatic nitrogens is 4. The molecule has 7 heteroatoms. The Morgan fingerprint density at radius 3 is 3.13 bits per heavy atom. The van der Waals surface area contributed by atoms with Gasteiger partial charge in [0.25, 0.3) is 5.56 Å². The Morgan fingerprint density at radius 2 is 2.40 bits per heavy atom. The number of hydrogen-bond donors (Lipinski definition) is 3. The maximum Gasteiger partial charge on any atom is 0.280 e. The van der Waals surface area contributed by atoms with Crippen LogP contribution in [0.5, 0.6) is 0 Å². The van der Waals surface area contributed by atoms with E-state index in [-0.39, 0.29) is 11.5 Å². The van der Waals surface area contributed by atoms with Crippen LogP contribution >= 0.6 is 0 Å². The van der Waals surface area contributed by atoms with Crippen molar-refractivity contribution in [3.63, 3.8) is 0 Å². The van der Waals surface area contributed by atoms with E-state index in [2.05, 4.69) is 31.8 Å². The van der Waals surface area contributed by atoms with Crippen molar-refractivity contribution in [2.45, 2.75) is 0 Å². The van der Waals surface area contributed by atoms with Crippen molar-refractivity contribution in [1.82, 2.24) is 19.9 Å². The van der Waals surface area contributed by atoms with Crippen LogP contribution in [0.4, 0.5) is 5.95 Å². The van der Waals surface area contributed by atoms with Crippen LogP contribution in [-0.4, -0.2) is 25.8 Å². The molecule has 2 rings (SSSR count). The zero-order valence-corrected chi connectivity index (χ0v) is 7.57. The molecule has 0 atom stereocenters. The third-order valence-electron chi connectivity index (χ3n) is 1.72. The fraction of sp³-hybridized carbons (Fsp3) is 0. The van der Waals surface area contributed by atoms with E-state index in [9.17, 15) is 9.59 Å². The summed E-state index contributed by atoms with van der Waals surface area (Å²) in [4.78, 5) is 35.1. The van der Waals surface area contributed by atoms with Gasteiger partial charge in [-0.15, -0.1) is 0 Å². The lowest BCUT2D eigenvalue weighted by Crippen LogP contribution is -2.16. The molecule has 0 spiro atoms. The second-order valence-electron chi connectivity index (χ2n) is 2.71. The summed E-state index contributed by atoms with van der Waals surface area (Å²) >= 11 is 0. The average Bonchev–Trinajstić information content (AvgIpc) is 2.66. The van der Waals surface area contributed by atoms with E-state index in [1.807, 2.05) is 0 Å². The lowest BCUT2D eigenvalue weighted by Gasteiger charge is -1.99. The van der Waals surface area contributed by atoms with Crippen molar-refractivity contribution >= 4 is 23.0 Å². The third kappa shape index (κ3) is 1.62. The van der Waals surface area contributed by atoms with Gasteiger partial charge < -0.3 is 4.98 Å². The highest BCUT2D eigenvalue weighted by atomic mass is 16.2. The predicted octanol–water partition coefficient (Wildman–Crippen LogP) is -0.229. The number of nitrogens with one attached hydrogen (secondary N) is 3. The number of fused-ring (bicyclic) bond motifs is 1. The highest BCUT2D eigenvalue weighted by Gasteiger charge is 2.06. The van der Waals surface area contributed by atoms with Crippen molar-refractivity contribution in [2.24, 2.45) is 0 Å². The van der Waals surface area contributed by atoms with Crippen molar-refractivity contribution in [3.8, 4) is 0 Å². The summed E-state index contributed by atoms with van der Waals surface area (Å²) in [6.07, 6.45) is 2.43. The van der Waals surface area contributed by atoms with E-state index < -0.39 is 11.5 Å². The molecule has 0 aliphatic heterocycles. The number of aromatic amines is 2. The van der Waals surface area contributed by atoms with E-state index in [1.54, 1.807) is 0 Å². The lowest BCUT2D eigenvalue weighted by atomic mass is 10.5. The van der Waals surface area contributed by atoms with Gasteiger partial charge in [-0.1, -0.05) is 6.58 Å². The number of carbonyl (C=O) groups is 1. The Hall–Kier alpha value is -2.44. The van der Waals surface area contributed by atoms with E-state index >= 15 is 0 Å². The van der Waals surface area contributed by atoms with Gasteiger partial charge in [-0.25, -0.2) is 4.98 Å². The van der Waals surface area contributed by atoms with E-state index in [4.69, 9.17) is 0 Å². The Bertz CT molecular complexity index is 582. The summed E-state index contributed by atoms with van der Waals surface area (Å²) < 4.78 is 0. The van der Waals surface area contributed by atoms with Gasteiger partial charge in [0.05, 0.1) is 6.33 Å². The van der Waals surface area contributed by atoms with Crippen LogP contribution in [0.3, 0.4) is 0 Å². The summed E-state index contributed by atoms with van der Waals surface area (Å²) in [5.41, 5.74) is 0.102. The smallest absolute Gasteiger partial charge is 0.280 e. The highest BCUT2D eigenvalue weighted by molar-refractivity contribution is 5.97. The minimum absolute atomic E-state index is 0.0571. The van der Waals surface area contributed by atoms with Crippen molar-refractivity contribution in [2.75, 3.05) is 5.32 Å². The Kier molecular flexibility index (Phi) is 2.05. The molecule has 0 unspecified atom stereocenters. The number of hydrogen-bond acceptors (Lipinski definition) is 4. The maximum absolute atomic E-state index is 11.4. The second-order valence-corrected chi connectivity index (χ2v) is 2.71. The molecule has 0 aliphatic rings. The van der Waals surface area contributed by atoms with Crippen LogP contribution in [0, 0.1) is 0 Å².